The molecule has 5 nitrogen and oxygen atoms in total. The standard InChI is InChI=1S/C13H12N2O3/c1-8(16)10-3-4-12-13(5-10)15-11(6-14-12)7-18-9(2)17/h3-6H,7H2,1-2H3. The molecule has 92 valence electrons. The lowest BCUT2D eigenvalue weighted by Crippen LogP contribution is -2.02. The number of hydrogen-bond donors (Lipinski definition) is 0. The van der Waals surface area contributed by atoms with Crippen LogP contribution in [0.1, 0.15) is 29.9 Å². The Morgan fingerprint density at radius 2 is 2.00 bits per heavy atom. The Labute approximate surface area is 104 Å². The zero-order valence-corrected chi connectivity index (χ0v) is 10.1. The van der Waals surface area contributed by atoms with Crippen LogP contribution in [0.2, 0.25) is 0 Å². The molecule has 0 atom stereocenters. The van der Waals surface area contributed by atoms with E-state index in [1.165, 1.54) is 13.8 Å². The summed E-state index contributed by atoms with van der Waals surface area (Å²) >= 11 is 0. The van der Waals surface area contributed by atoms with Crippen molar-refractivity contribution < 1.29 is 14.3 Å². The summed E-state index contributed by atoms with van der Waals surface area (Å²) in [6.45, 7) is 2.92. The summed E-state index contributed by atoms with van der Waals surface area (Å²) in [4.78, 5) is 30.5. The van der Waals surface area contributed by atoms with Gasteiger partial charge >= 0.3 is 5.97 Å². The van der Waals surface area contributed by atoms with Gasteiger partial charge in [0.25, 0.3) is 0 Å². The van der Waals surface area contributed by atoms with Crippen LogP contribution < -0.4 is 0 Å². The number of benzene rings is 1. The highest BCUT2D eigenvalue weighted by Gasteiger charge is 2.05. The van der Waals surface area contributed by atoms with Crippen LogP contribution in [0.25, 0.3) is 11.0 Å². The minimum Gasteiger partial charge on any atom is -0.459 e. The number of fused-ring (bicyclic) bond motifs is 1. The summed E-state index contributed by atoms with van der Waals surface area (Å²) < 4.78 is 4.85. The highest BCUT2D eigenvalue weighted by atomic mass is 16.5. The van der Waals surface area contributed by atoms with Crippen molar-refractivity contribution in [3.63, 3.8) is 0 Å². The average molecular weight is 244 g/mol. The highest BCUT2D eigenvalue weighted by Crippen LogP contribution is 2.13. The number of carbonyl (C=O) groups is 2. The van der Waals surface area contributed by atoms with E-state index < -0.39 is 0 Å². The van der Waals surface area contributed by atoms with Gasteiger partial charge in [0.05, 0.1) is 22.9 Å². The lowest BCUT2D eigenvalue weighted by atomic mass is 10.1. The van der Waals surface area contributed by atoms with Gasteiger partial charge in [0, 0.05) is 12.5 Å². The predicted octanol–water partition coefficient (Wildman–Crippen LogP) is 1.90. The lowest BCUT2D eigenvalue weighted by Gasteiger charge is -2.03. The van der Waals surface area contributed by atoms with E-state index in [1.807, 2.05) is 0 Å². The molecular formula is C13H12N2O3. The van der Waals surface area contributed by atoms with Gasteiger partial charge < -0.3 is 4.74 Å². The minimum atomic E-state index is -0.366. The topological polar surface area (TPSA) is 69.2 Å². The maximum atomic E-state index is 11.3. The number of nitrogens with zero attached hydrogens (tertiary/aromatic N) is 2. The first-order chi connectivity index (χ1) is 8.56. The van der Waals surface area contributed by atoms with Crippen molar-refractivity contribution in [2.24, 2.45) is 0 Å². The van der Waals surface area contributed by atoms with E-state index in [2.05, 4.69) is 9.97 Å². The van der Waals surface area contributed by atoms with E-state index in [-0.39, 0.29) is 18.4 Å². The van der Waals surface area contributed by atoms with Gasteiger partial charge in [0.15, 0.2) is 5.78 Å². The fraction of sp³-hybridized carbons (Fsp3) is 0.231. The van der Waals surface area contributed by atoms with Gasteiger partial charge in [-0.15, -0.1) is 0 Å². The number of ketones is 1. The zero-order chi connectivity index (χ0) is 13.1. The van der Waals surface area contributed by atoms with E-state index in [9.17, 15) is 9.59 Å². The van der Waals surface area contributed by atoms with Crippen molar-refractivity contribution in [2.45, 2.75) is 20.5 Å². The Morgan fingerprint density at radius 3 is 2.67 bits per heavy atom. The molecule has 1 aromatic heterocycles. The summed E-state index contributed by atoms with van der Waals surface area (Å²) in [6, 6.07) is 5.14. The van der Waals surface area contributed by atoms with Crippen molar-refractivity contribution in [3.05, 3.63) is 35.7 Å². The molecule has 0 amide bonds. The summed E-state index contributed by atoms with van der Waals surface area (Å²) in [5.41, 5.74) is 2.46. The fourth-order valence-corrected chi connectivity index (χ4v) is 1.51. The Bertz CT molecular complexity index is 623. The van der Waals surface area contributed by atoms with Crippen molar-refractivity contribution in [1.29, 1.82) is 0 Å². The molecule has 0 aliphatic heterocycles. The largest absolute Gasteiger partial charge is 0.459 e. The summed E-state index contributed by atoms with van der Waals surface area (Å²) in [7, 11) is 0. The van der Waals surface area contributed by atoms with Crippen LogP contribution >= 0.6 is 0 Å². The maximum Gasteiger partial charge on any atom is 0.303 e. The number of esters is 1. The van der Waals surface area contributed by atoms with Crippen LogP contribution in [0.5, 0.6) is 0 Å². The van der Waals surface area contributed by atoms with Crippen LogP contribution in [-0.4, -0.2) is 21.7 Å². The van der Waals surface area contributed by atoms with Crippen molar-refractivity contribution in [3.8, 4) is 0 Å². The van der Waals surface area contributed by atoms with E-state index >= 15 is 0 Å². The molecule has 0 N–H and O–H groups in total. The van der Waals surface area contributed by atoms with Gasteiger partial charge in [0.1, 0.15) is 6.61 Å². The third-order valence-corrected chi connectivity index (χ3v) is 2.42. The fourth-order valence-electron chi connectivity index (χ4n) is 1.51. The van der Waals surface area contributed by atoms with E-state index in [1.54, 1.807) is 24.4 Å². The first-order valence-corrected chi connectivity index (χ1v) is 5.46. The first kappa shape index (κ1) is 12.2. The second-order valence-electron chi connectivity index (χ2n) is 3.90. The summed E-state index contributed by atoms with van der Waals surface area (Å²) in [5, 5.41) is 0. The molecule has 2 aromatic rings. The zero-order valence-electron chi connectivity index (χ0n) is 10.1. The first-order valence-electron chi connectivity index (χ1n) is 5.46. The quantitative estimate of drug-likeness (QED) is 0.609. The molecule has 5 heteroatoms. The Hall–Kier alpha value is -2.30. The summed E-state index contributed by atoms with van der Waals surface area (Å²) in [5.74, 6) is -0.390. The van der Waals surface area contributed by atoms with Crippen LogP contribution in [0.3, 0.4) is 0 Å². The molecule has 0 unspecified atom stereocenters. The van der Waals surface area contributed by atoms with Gasteiger partial charge in [-0.2, -0.15) is 0 Å². The molecule has 1 aromatic carbocycles. The normalized spacial score (nSPS) is 10.3. The monoisotopic (exact) mass is 244 g/mol. The third-order valence-electron chi connectivity index (χ3n) is 2.42. The second kappa shape index (κ2) is 4.91. The molecule has 0 bridgehead atoms. The lowest BCUT2D eigenvalue weighted by molar-refractivity contribution is -0.142. The SMILES string of the molecule is CC(=O)OCc1cnc2ccc(C(C)=O)cc2n1. The Morgan fingerprint density at radius 1 is 1.22 bits per heavy atom. The van der Waals surface area contributed by atoms with Crippen LogP contribution in [-0.2, 0) is 16.1 Å². The maximum absolute atomic E-state index is 11.3. The van der Waals surface area contributed by atoms with Crippen molar-refractivity contribution in [2.75, 3.05) is 0 Å². The van der Waals surface area contributed by atoms with Crippen LogP contribution in [0.15, 0.2) is 24.4 Å². The number of aromatic nitrogens is 2. The minimum absolute atomic E-state index is 0.0240. The van der Waals surface area contributed by atoms with Crippen molar-refractivity contribution in [1.82, 2.24) is 9.97 Å². The number of ether oxygens (including phenoxy) is 1. The highest BCUT2D eigenvalue weighted by molar-refractivity contribution is 5.97. The molecule has 0 spiro atoms. The smallest absolute Gasteiger partial charge is 0.303 e. The van der Waals surface area contributed by atoms with Gasteiger partial charge in [-0.3, -0.25) is 14.6 Å². The number of rotatable bonds is 3. The summed E-state index contributed by atoms with van der Waals surface area (Å²) in [6.07, 6.45) is 1.55. The van der Waals surface area contributed by atoms with Gasteiger partial charge in [-0.25, -0.2) is 4.98 Å². The van der Waals surface area contributed by atoms with E-state index in [0.717, 1.165) is 0 Å². The van der Waals surface area contributed by atoms with Gasteiger partial charge in [0.2, 0.25) is 0 Å². The Balaban J connectivity index is 2.36. The molecule has 0 radical (unpaired) electrons. The molecule has 0 saturated heterocycles. The molecular weight excluding hydrogens is 232 g/mol. The molecule has 0 fully saturated rings. The molecule has 0 aliphatic rings. The molecule has 0 aliphatic carbocycles. The molecule has 18 heavy (non-hydrogen) atoms. The van der Waals surface area contributed by atoms with E-state index in [4.69, 9.17) is 4.74 Å². The Kier molecular flexibility index (Phi) is 3.32. The van der Waals surface area contributed by atoms with Gasteiger partial charge in [-0.1, -0.05) is 0 Å². The average Bonchev–Trinajstić information content (AvgIpc) is 2.35. The molecule has 0 saturated carbocycles. The number of carbonyl (C=O) groups excluding carboxylic acids is 2. The van der Waals surface area contributed by atoms with Crippen LogP contribution in [0.4, 0.5) is 0 Å². The predicted molar refractivity (Wildman–Crippen MR) is 65.0 cm³/mol. The number of hydrogen-bond acceptors (Lipinski definition) is 5. The third kappa shape index (κ3) is 2.68. The molecule has 1 heterocycles. The van der Waals surface area contributed by atoms with Gasteiger partial charge in [-0.05, 0) is 25.1 Å². The number of Topliss-reactive ketones (excluding diaryl/α,β-unsaturated/α-hetero) is 1. The second-order valence-corrected chi connectivity index (χ2v) is 3.90. The van der Waals surface area contributed by atoms with Crippen molar-refractivity contribution >= 4 is 22.8 Å². The van der Waals surface area contributed by atoms with Crippen LogP contribution in [0, 0.1) is 0 Å². The van der Waals surface area contributed by atoms with E-state index in [0.29, 0.717) is 22.3 Å². The molecule has 2 rings (SSSR count).